The highest BCUT2D eigenvalue weighted by Crippen LogP contribution is 2.37. The van der Waals surface area contributed by atoms with Gasteiger partial charge in [0.15, 0.2) is 5.79 Å². The Kier molecular flexibility index (Phi) is 6.04. The lowest BCUT2D eigenvalue weighted by Gasteiger charge is -2.38. The van der Waals surface area contributed by atoms with Crippen LogP contribution in [-0.4, -0.2) is 56.1 Å². The molecule has 1 heterocycles. The fourth-order valence-corrected chi connectivity index (χ4v) is 2.63. The van der Waals surface area contributed by atoms with Crippen molar-refractivity contribution >= 4 is 0 Å². The maximum absolute atomic E-state index is 9.98. The minimum Gasteiger partial charge on any atom is -0.390 e. The molecule has 1 aliphatic carbocycles. The Labute approximate surface area is 115 Å². The van der Waals surface area contributed by atoms with Gasteiger partial charge in [0.05, 0.1) is 38.6 Å². The molecule has 2 aliphatic rings. The summed E-state index contributed by atoms with van der Waals surface area (Å²) in [6.07, 6.45) is 3.62. The molecular weight excluding hydrogens is 248 g/mol. The summed E-state index contributed by atoms with van der Waals surface area (Å²) in [6, 6.07) is 0. The molecule has 1 aliphatic heterocycles. The minimum absolute atomic E-state index is 0.207. The number of rotatable bonds is 7. The zero-order valence-electron chi connectivity index (χ0n) is 11.8. The fraction of sp³-hybridized carbons (Fsp3) is 1.00. The summed E-state index contributed by atoms with van der Waals surface area (Å²) in [7, 11) is 0. The average Bonchev–Trinajstić information content (AvgIpc) is 2.86. The molecule has 1 spiro atoms. The highest BCUT2D eigenvalue weighted by atomic mass is 16.7. The Morgan fingerprint density at radius 1 is 1.21 bits per heavy atom. The Bertz CT molecular complexity index is 252. The number of unbranched alkanes of at least 4 members (excludes halogenated alkanes) is 1. The second-order valence-electron chi connectivity index (χ2n) is 5.29. The molecule has 1 saturated carbocycles. The number of hydrogen-bond acceptors (Lipinski definition) is 5. The first kappa shape index (κ1) is 15.2. The van der Waals surface area contributed by atoms with Crippen molar-refractivity contribution in [2.45, 2.75) is 57.0 Å². The van der Waals surface area contributed by atoms with Crippen molar-refractivity contribution in [3.05, 3.63) is 0 Å². The third kappa shape index (κ3) is 4.39. The Morgan fingerprint density at radius 3 is 2.74 bits per heavy atom. The van der Waals surface area contributed by atoms with Gasteiger partial charge in [0, 0.05) is 19.4 Å². The van der Waals surface area contributed by atoms with Crippen LogP contribution in [0.25, 0.3) is 0 Å². The summed E-state index contributed by atoms with van der Waals surface area (Å²) >= 11 is 0. The van der Waals surface area contributed by atoms with Crippen LogP contribution in [0, 0.1) is 0 Å². The lowest BCUT2D eigenvalue weighted by molar-refractivity contribution is -0.222. The van der Waals surface area contributed by atoms with Crippen molar-refractivity contribution in [2.24, 2.45) is 0 Å². The first-order valence-corrected chi connectivity index (χ1v) is 7.41. The molecule has 2 rings (SSSR count). The monoisotopic (exact) mass is 274 g/mol. The average molecular weight is 274 g/mol. The van der Waals surface area contributed by atoms with E-state index in [2.05, 4.69) is 6.92 Å². The van der Waals surface area contributed by atoms with Crippen LogP contribution < -0.4 is 0 Å². The topological polar surface area (TPSA) is 57.2 Å². The van der Waals surface area contributed by atoms with Crippen LogP contribution in [0.5, 0.6) is 0 Å². The van der Waals surface area contributed by atoms with Crippen molar-refractivity contribution in [3.63, 3.8) is 0 Å². The molecule has 1 saturated heterocycles. The molecule has 0 aromatic carbocycles. The number of hydrogen-bond donors (Lipinski definition) is 1. The van der Waals surface area contributed by atoms with Crippen molar-refractivity contribution in [1.82, 2.24) is 0 Å². The minimum atomic E-state index is -0.507. The van der Waals surface area contributed by atoms with E-state index >= 15 is 0 Å². The van der Waals surface area contributed by atoms with Crippen LogP contribution in [-0.2, 0) is 18.9 Å². The largest absolute Gasteiger partial charge is 0.390 e. The second kappa shape index (κ2) is 7.55. The Balaban J connectivity index is 1.66. The zero-order valence-corrected chi connectivity index (χ0v) is 11.8. The van der Waals surface area contributed by atoms with Crippen LogP contribution in [0.3, 0.4) is 0 Å². The van der Waals surface area contributed by atoms with Gasteiger partial charge in [0.1, 0.15) is 0 Å². The smallest absolute Gasteiger partial charge is 0.171 e. The molecule has 0 bridgehead atoms. The van der Waals surface area contributed by atoms with Gasteiger partial charge < -0.3 is 24.1 Å². The Morgan fingerprint density at radius 2 is 2.00 bits per heavy atom. The lowest BCUT2D eigenvalue weighted by Crippen LogP contribution is -2.46. The van der Waals surface area contributed by atoms with E-state index in [-0.39, 0.29) is 6.10 Å². The SMILES string of the molecule is CCCCOCCOC1CC2(CCC1O)OCCO2. The van der Waals surface area contributed by atoms with Crippen molar-refractivity contribution in [2.75, 3.05) is 33.0 Å². The third-order valence-corrected chi connectivity index (χ3v) is 3.78. The summed E-state index contributed by atoms with van der Waals surface area (Å²) < 4.78 is 22.5. The van der Waals surface area contributed by atoms with Crippen molar-refractivity contribution < 1.29 is 24.1 Å². The molecule has 112 valence electrons. The highest BCUT2D eigenvalue weighted by Gasteiger charge is 2.45. The molecule has 2 fully saturated rings. The standard InChI is InChI=1S/C14H26O5/c1-2-3-6-16-7-8-17-13-11-14(5-4-12(13)15)18-9-10-19-14/h12-13,15H,2-11H2,1H3. The molecule has 0 amide bonds. The Hall–Kier alpha value is -0.200. The number of aliphatic hydroxyl groups excluding tert-OH is 1. The van der Waals surface area contributed by atoms with Gasteiger partial charge in [0.2, 0.25) is 0 Å². The van der Waals surface area contributed by atoms with E-state index in [1.807, 2.05) is 0 Å². The third-order valence-electron chi connectivity index (χ3n) is 3.78. The van der Waals surface area contributed by atoms with Gasteiger partial charge in [-0.2, -0.15) is 0 Å². The second-order valence-corrected chi connectivity index (χ2v) is 5.29. The van der Waals surface area contributed by atoms with Crippen LogP contribution in [0.4, 0.5) is 0 Å². The van der Waals surface area contributed by atoms with Gasteiger partial charge in [-0.25, -0.2) is 0 Å². The van der Waals surface area contributed by atoms with Crippen LogP contribution in [0.2, 0.25) is 0 Å². The number of aliphatic hydroxyl groups is 1. The molecule has 0 radical (unpaired) electrons. The van der Waals surface area contributed by atoms with E-state index in [4.69, 9.17) is 18.9 Å². The first-order chi connectivity index (χ1) is 9.26. The summed E-state index contributed by atoms with van der Waals surface area (Å²) in [5.74, 6) is -0.507. The molecule has 2 atom stereocenters. The van der Waals surface area contributed by atoms with Crippen LogP contribution in [0.15, 0.2) is 0 Å². The van der Waals surface area contributed by atoms with Gasteiger partial charge in [-0.15, -0.1) is 0 Å². The van der Waals surface area contributed by atoms with E-state index in [1.54, 1.807) is 0 Å². The van der Waals surface area contributed by atoms with Crippen molar-refractivity contribution in [1.29, 1.82) is 0 Å². The van der Waals surface area contributed by atoms with E-state index in [0.29, 0.717) is 39.3 Å². The van der Waals surface area contributed by atoms with Gasteiger partial charge in [-0.3, -0.25) is 0 Å². The molecule has 5 heteroatoms. The molecule has 0 aromatic rings. The molecule has 19 heavy (non-hydrogen) atoms. The predicted octanol–water partition coefficient (Wildman–Crippen LogP) is 1.48. The summed E-state index contributed by atoms with van der Waals surface area (Å²) in [5.41, 5.74) is 0. The van der Waals surface area contributed by atoms with Crippen LogP contribution >= 0.6 is 0 Å². The van der Waals surface area contributed by atoms with E-state index < -0.39 is 11.9 Å². The summed E-state index contributed by atoms with van der Waals surface area (Å²) in [5, 5.41) is 9.98. The van der Waals surface area contributed by atoms with Crippen LogP contribution in [0.1, 0.15) is 39.0 Å². The number of ether oxygens (including phenoxy) is 4. The van der Waals surface area contributed by atoms with Crippen molar-refractivity contribution in [3.8, 4) is 0 Å². The van der Waals surface area contributed by atoms with E-state index in [0.717, 1.165) is 25.9 Å². The normalized spacial score (nSPS) is 30.0. The maximum atomic E-state index is 9.98. The molecular formula is C14H26O5. The predicted molar refractivity (Wildman–Crippen MR) is 70.0 cm³/mol. The van der Waals surface area contributed by atoms with Gasteiger partial charge >= 0.3 is 0 Å². The molecule has 0 aromatic heterocycles. The molecule has 2 unspecified atom stereocenters. The maximum Gasteiger partial charge on any atom is 0.171 e. The highest BCUT2D eigenvalue weighted by molar-refractivity contribution is 4.88. The van der Waals surface area contributed by atoms with E-state index in [9.17, 15) is 5.11 Å². The fourth-order valence-electron chi connectivity index (χ4n) is 2.63. The van der Waals surface area contributed by atoms with Gasteiger partial charge in [-0.1, -0.05) is 13.3 Å². The lowest BCUT2D eigenvalue weighted by atomic mass is 9.89. The summed E-state index contributed by atoms with van der Waals surface area (Å²) in [6.45, 7) is 5.30. The summed E-state index contributed by atoms with van der Waals surface area (Å²) in [4.78, 5) is 0. The van der Waals surface area contributed by atoms with Gasteiger partial charge in [0.25, 0.3) is 0 Å². The van der Waals surface area contributed by atoms with E-state index in [1.165, 1.54) is 0 Å². The molecule has 5 nitrogen and oxygen atoms in total. The molecule has 1 N–H and O–H groups in total. The quantitative estimate of drug-likeness (QED) is 0.713. The zero-order chi connectivity index (χ0) is 13.6. The first-order valence-electron chi connectivity index (χ1n) is 7.41. The van der Waals surface area contributed by atoms with Gasteiger partial charge in [-0.05, 0) is 12.8 Å².